The van der Waals surface area contributed by atoms with Gasteiger partial charge in [-0.15, -0.1) is 0 Å². The van der Waals surface area contributed by atoms with Crippen LogP contribution in [0.2, 0.25) is 0 Å². The van der Waals surface area contributed by atoms with Gasteiger partial charge in [0.25, 0.3) is 0 Å². The van der Waals surface area contributed by atoms with Gasteiger partial charge >= 0.3 is 5.97 Å². The van der Waals surface area contributed by atoms with Gasteiger partial charge in [-0.05, 0) is 36.3 Å². The molecule has 32 heavy (non-hydrogen) atoms. The van der Waals surface area contributed by atoms with Crippen molar-refractivity contribution in [2.75, 3.05) is 20.3 Å². The number of benzene rings is 1. The Morgan fingerprint density at radius 2 is 2.09 bits per heavy atom. The number of methoxy groups -OCH3 is 1. The standard InChI is InChI=1S/C24H34N4O4/c1-5-6-7-11-26-24(27-18(3)25)23-17(2)10-12-28(23)14-20-9-8-19(13-21(20)31-4)15-32-16-22(29)30/h8-10,12-13,26H,2,5-7,11,14-16H2,1,3-4H3,(H2,25,27)(H,29,30)/b24-23+. The predicted octanol–water partition coefficient (Wildman–Crippen LogP) is 1.78. The third-order valence-corrected chi connectivity index (χ3v) is 4.82. The first-order valence-electron chi connectivity index (χ1n) is 10.7. The number of rotatable bonds is 13. The largest absolute Gasteiger partial charge is 0.496 e. The summed E-state index contributed by atoms with van der Waals surface area (Å²) in [5.74, 6) is 0.873. The number of hydrogen-bond acceptors (Lipinski definition) is 5. The van der Waals surface area contributed by atoms with E-state index in [1.807, 2.05) is 30.5 Å². The molecular formula is C24H34N4O4. The molecule has 8 heteroatoms. The van der Waals surface area contributed by atoms with Crippen LogP contribution >= 0.6 is 0 Å². The zero-order valence-electron chi connectivity index (χ0n) is 19.2. The first-order valence-corrected chi connectivity index (χ1v) is 10.7. The predicted molar refractivity (Wildman–Crippen MR) is 127 cm³/mol. The SMILES string of the molecule is C=c1ccn(Cc2ccc(COCC(=O)O)cc2OC)/c1=C(/N=C(\C)N)NCCCCC. The van der Waals surface area contributed by atoms with Crippen LogP contribution in [-0.4, -0.2) is 41.7 Å². The van der Waals surface area contributed by atoms with Crippen molar-refractivity contribution >= 4 is 24.2 Å². The highest BCUT2D eigenvalue weighted by atomic mass is 16.5. The molecule has 0 saturated heterocycles. The van der Waals surface area contributed by atoms with Gasteiger partial charge in [-0.25, -0.2) is 9.79 Å². The highest BCUT2D eigenvalue weighted by molar-refractivity contribution is 5.81. The number of unbranched alkanes of at least 4 members (excludes halogenated alkanes) is 2. The zero-order valence-corrected chi connectivity index (χ0v) is 19.2. The molecule has 0 aliphatic rings. The second kappa shape index (κ2) is 12.6. The zero-order chi connectivity index (χ0) is 23.5. The summed E-state index contributed by atoms with van der Waals surface area (Å²) in [6.07, 6.45) is 5.30. The molecular weight excluding hydrogens is 408 g/mol. The van der Waals surface area contributed by atoms with Gasteiger partial charge in [-0.3, -0.25) is 0 Å². The van der Waals surface area contributed by atoms with Crippen molar-refractivity contribution in [3.63, 3.8) is 0 Å². The van der Waals surface area contributed by atoms with Gasteiger partial charge in [0.15, 0.2) is 5.82 Å². The number of amidine groups is 1. The van der Waals surface area contributed by atoms with E-state index < -0.39 is 5.97 Å². The Labute approximate surface area is 189 Å². The average Bonchev–Trinajstić information content (AvgIpc) is 3.10. The molecule has 2 aromatic rings. The quantitative estimate of drug-likeness (QED) is 0.248. The van der Waals surface area contributed by atoms with Gasteiger partial charge in [0.2, 0.25) is 0 Å². The number of ether oxygens (including phenoxy) is 2. The first-order chi connectivity index (χ1) is 15.3. The van der Waals surface area contributed by atoms with Crippen molar-refractivity contribution in [3.05, 3.63) is 52.2 Å². The number of nitrogens with two attached hydrogens (primary N) is 1. The molecule has 0 bridgehead atoms. The summed E-state index contributed by atoms with van der Waals surface area (Å²) >= 11 is 0. The van der Waals surface area contributed by atoms with Crippen molar-refractivity contribution in [1.29, 1.82) is 0 Å². The van der Waals surface area contributed by atoms with E-state index in [2.05, 4.69) is 28.4 Å². The number of carbonyl (C=O) groups is 1. The minimum absolute atomic E-state index is 0.199. The first kappa shape index (κ1) is 25.0. The van der Waals surface area contributed by atoms with Crippen molar-refractivity contribution in [3.8, 4) is 5.75 Å². The molecule has 8 nitrogen and oxygen atoms in total. The van der Waals surface area contributed by atoms with E-state index in [0.29, 0.717) is 24.0 Å². The molecule has 0 spiro atoms. The van der Waals surface area contributed by atoms with Crippen LogP contribution in [0.1, 0.15) is 44.2 Å². The maximum absolute atomic E-state index is 10.6. The van der Waals surface area contributed by atoms with Crippen LogP contribution in [0.3, 0.4) is 0 Å². The van der Waals surface area contributed by atoms with E-state index in [1.54, 1.807) is 14.0 Å². The third-order valence-electron chi connectivity index (χ3n) is 4.82. The number of aromatic nitrogens is 1. The smallest absolute Gasteiger partial charge is 0.329 e. The molecule has 0 amide bonds. The lowest BCUT2D eigenvalue weighted by Crippen LogP contribution is -2.36. The van der Waals surface area contributed by atoms with E-state index >= 15 is 0 Å². The molecule has 0 saturated carbocycles. The third kappa shape index (κ3) is 7.46. The highest BCUT2D eigenvalue weighted by Crippen LogP contribution is 2.21. The van der Waals surface area contributed by atoms with Crippen LogP contribution in [0.25, 0.3) is 12.4 Å². The Morgan fingerprint density at radius 3 is 2.75 bits per heavy atom. The lowest BCUT2D eigenvalue weighted by Gasteiger charge is -2.14. The minimum atomic E-state index is -0.997. The van der Waals surface area contributed by atoms with Crippen LogP contribution in [0, 0.1) is 0 Å². The molecule has 4 N–H and O–H groups in total. The lowest BCUT2D eigenvalue weighted by atomic mass is 10.1. The van der Waals surface area contributed by atoms with E-state index in [9.17, 15) is 4.79 Å². The van der Waals surface area contributed by atoms with Gasteiger partial charge in [0.1, 0.15) is 12.4 Å². The van der Waals surface area contributed by atoms with Crippen LogP contribution < -0.4 is 26.4 Å². The Hall–Kier alpha value is -3.26. The Morgan fingerprint density at radius 1 is 1.31 bits per heavy atom. The molecule has 0 unspecified atom stereocenters. The molecule has 0 aliphatic heterocycles. The van der Waals surface area contributed by atoms with Gasteiger partial charge in [-0.1, -0.05) is 38.5 Å². The summed E-state index contributed by atoms with van der Waals surface area (Å²) in [5.41, 5.74) is 7.70. The van der Waals surface area contributed by atoms with E-state index in [-0.39, 0.29) is 13.2 Å². The number of nitrogens with one attached hydrogen (secondary N) is 1. The number of nitrogens with zero attached hydrogens (tertiary/aromatic N) is 2. The van der Waals surface area contributed by atoms with E-state index in [0.717, 1.165) is 47.5 Å². The van der Waals surface area contributed by atoms with Crippen LogP contribution in [-0.2, 0) is 22.7 Å². The number of carboxylic acids is 1. The van der Waals surface area contributed by atoms with Crippen molar-refractivity contribution < 1.29 is 19.4 Å². The summed E-state index contributed by atoms with van der Waals surface area (Å²) in [6, 6.07) is 7.67. The molecule has 0 radical (unpaired) electrons. The number of hydrogen-bond donors (Lipinski definition) is 3. The molecule has 2 rings (SSSR count). The minimum Gasteiger partial charge on any atom is -0.496 e. The van der Waals surface area contributed by atoms with Gasteiger partial charge < -0.3 is 30.2 Å². The summed E-state index contributed by atoms with van der Waals surface area (Å²) in [4.78, 5) is 15.2. The molecule has 0 aliphatic carbocycles. The van der Waals surface area contributed by atoms with Crippen molar-refractivity contribution in [2.45, 2.75) is 46.3 Å². The Bertz CT molecular complexity index is 1040. The van der Waals surface area contributed by atoms with E-state index in [1.165, 1.54) is 0 Å². The summed E-state index contributed by atoms with van der Waals surface area (Å²) < 4.78 is 12.8. The topological polar surface area (TPSA) is 111 Å². The Balaban J connectivity index is 2.35. The van der Waals surface area contributed by atoms with Gasteiger partial charge in [0.05, 0.1) is 31.4 Å². The Kier molecular flexibility index (Phi) is 9.81. The second-order valence-electron chi connectivity index (χ2n) is 7.59. The summed E-state index contributed by atoms with van der Waals surface area (Å²) in [6.45, 7) is 9.31. The normalized spacial score (nSPS) is 12.5. The van der Waals surface area contributed by atoms with Gasteiger partial charge in [-0.2, -0.15) is 0 Å². The van der Waals surface area contributed by atoms with Crippen molar-refractivity contribution in [2.24, 2.45) is 10.7 Å². The van der Waals surface area contributed by atoms with Crippen LogP contribution in [0.15, 0.2) is 35.5 Å². The molecule has 1 aromatic carbocycles. The number of aliphatic carboxylic acids is 1. The number of aliphatic imine (C=N–C) groups is 1. The molecule has 0 fully saturated rings. The monoisotopic (exact) mass is 442 g/mol. The second-order valence-corrected chi connectivity index (χ2v) is 7.59. The summed E-state index contributed by atoms with van der Waals surface area (Å²) in [5, 5.41) is 13.9. The van der Waals surface area contributed by atoms with Crippen LogP contribution in [0.4, 0.5) is 0 Å². The maximum Gasteiger partial charge on any atom is 0.329 e. The molecule has 1 aromatic heterocycles. The fourth-order valence-electron chi connectivity index (χ4n) is 3.32. The lowest BCUT2D eigenvalue weighted by molar-refractivity contribution is -0.142. The molecule has 0 atom stereocenters. The number of carboxylic acid groups (broad SMARTS) is 1. The summed E-state index contributed by atoms with van der Waals surface area (Å²) in [7, 11) is 1.61. The molecule has 1 heterocycles. The van der Waals surface area contributed by atoms with Gasteiger partial charge in [0, 0.05) is 18.3 Å². The van der Waals surface area contributed by atoms with Crippen LogP contribution in [0.5, 0.6) is 5.75 Å². The molecule has 174 valence electrons. The van der Waals surface area contributed by atoms with Crippen molar-refractivity contribution in [1.82, 2.24) is 9.88 Å². The highest BCUT2D eigenvalue weighted by Gasteiger charge is 2.10. The average molecular weight is 443 g/mol. The maximum atomic E-state index is 10.6. The fraction of sp³-hybridized carbons (Fsp3) is 0.417. The fourth-order valence-corrected chi connectivity index (χ4v) is 3.32. The van der Waals surface area contributed by atoms with E-state index in [4.69, 9.17) is 20.3 Å².